The predicted molar refractivity (Wildman–Crippen MR) is 87.2 cm³/mol. The van der Waals surface area contributed by atoms with Crippen molar-refractivity contribution in [1.82, 2.24) is 0 Å². The number of aryl methyl sites for hydroxylation is 1. The van der Waals surface area contributed by atoms with Crippen LogP contribution in [0.4, 0.5) is 10.5 Å². The molecule has 0 unspecified atom stereocenters. The highest BCUT2D eigenvalue weighted by molar-refractivity contribution is 5.71. The molecule has 0 spiro atoms. The Balaban J connectivity index is 2.45. The summed E-state index contributed by atoms with van der Waals surface area (Å²) in [7, 11) is 0. The van der Waals surface area contributed by atoms with E-state index >= 15 is 0 Å². The van der Waals surface area contributed by atoms with Crippen LogP contribution in [0.2, 0.25) is 0 Å². The van der Waals surface area contributed by atoms with Gasteiger partial charge in [-0.3, -0.25) is 0 Å². The van der Waals surface area contributed by atoms with E-state index < -0.39 is 6.16 Å². The Kier molecular flexibility index (Phi) is 5.16. The van der Waals surface area contributed by atoms with Crippen LogP contribution < -0.4 is 15.8 Å². The highest BCUT2D eigenvalue weighted by Crippen LogP contribution is 2.16. The molecule has 0 saturated carbocycles. The summed E-state index contributed by atoms with van der Waals surface area (Å²) in [5.41, 5.74) is 1.65. The van der Waals surface area contributed by atoms with Gasteiger partial charge in [0, 0.05) is 16.6 Å². The summed E-state index contributed by atoms with van der Waals surface area (Å²) >= 11 is 0. The Morgan fingerprint density at radius 2 is 2.13 bits per heavy atom. The number of aliphatic hydroxyl groups excluding tert-OH is 1. The van der Waals surface area contributed by atoms with Crippen LogP contribution in [0.1, 0.15) is 26.3 Å². The molecule has 0 saturated heterocycles. The predicted octanol–water partition coefficient (Wildman–Crippen LogP) is 2.29. The fraction of sp³-hybridized carbons (Fsp3) is 0.353. The van der Waals surface area contributed by atoms with Crippen molar-refractivity contribution in [3.63, 3.8) is 0 Å². The van der Waals surface area contributed by atoms with Gasteiger partial charge in [0.2, 0.25) is 0 Å². The van der Waals surface area contributed by atoms with Crippen LogP contribution in [-0.2, 0) is 15.9 Å². The third-order valence-electron chi connectivity index (χ3n) is 3.34. The standard InChI is InChI=1S/C17H21NO5/c1-4-11-5-13-14(6-12(11)9-22-8-10(2)3)18-7-15(16(13)19)23-17(20)21/h5-7,9-10,18-19H,4,8H2,1-3H3,(H,20,21). The second-order valence-electron chi connectivity index (χ2n) is 5.66. The van der Waals surface area contributed by atoms with Crippen LogP contribution in [0.3, 0.4) is 0 Å². The zero-order chi connectivity index (χ0) is 17.0. The molecule has 1 aliphatic heterocycles. The van der Waals surface area contributed by atoms with Crippen molar-refractivity contribution in [2.24, 2.45) is 5.92 Å². The Labute approximate surface area is 134 Å². The molecule has 1 aromatic carbocycles. The molecule has 3 N–H and O–H groups in total. The number of carbonyl (C=O) groups is 1. The van der Waals surface area contributed by atoms with E-state index in [0.29, 0.717) is 23.4 Å². The normalized spacial score (nSPS) is 14.2. The molecule has 23 heavy (non-hydrogen) atoms. The van der Waals surface area contributed by atoms with Crippen LogP contribution in [0.5, 0.6) is 0 Å². The van der Waals surface area contributed by atoms with Crippen molar-refractivity contribution in [2.45, 2.75) is 27.2 Å². The monoisotopic (exact) mass is 319 g/mol. The molecular formula is C17H21NO5. The molecule has 0 aromatic heterocycles. The third kappa shape index (κ3) is 3.97. The molecule has 6 heteroatoms. The lowest BCUT2D eigenvalue weighted by atomic mass is 10.0. The molecule has 0 amide bonds. The average molecular weight is 319 g/mol. The third-order valence-corrected chi connectivity index (χ3v) is 3.34. The van der Waals surface area contributed by atoms with E-state index in [2.05, 4.69) is 23.9 Å². The molecule has 1 aromatic rings. The molecule has 0 bridgehead atoms. The van der Waals surface area contributed by atoms with E-state index in [0.717, 1.165) is 17.2 Å². The van der Waals surface area contributed by atoms with Gasteiger partial charge in [0.25, 0.3) is 0 Å². The van der Waals surface area contributed by atoms with Gasteiger partial charge < -0.3 is 25.0 Å². The van der Waals surface area contributed by atoms with Crippen molar-refractivity contribution in [1.29, 1.82) is 0 Å². The van der Waals surface area contributed by atoms with Crippen LogP contribution in [0, 0.1) is 5.92 Å². The summed E-state index contributed by atoms with van der Waals surface area (Å²) < 4.78 is 10.1. The number of rotatable bonds is 5. The molecule has 1 heterocycles. The largest absolute Gasteiger partial charge is 0.511 e. The van der Waals surface area contributed by atoms with Gasteiger partial charge in [-0.1, -0.05) is 20.8 Å². The van der Waals surface area contributed by atoms with Crippen LogP contribution in [0.15, 0.2) is 24.1 Å². The topological polar surface area (TPSA) is 88.0 Å². The van der Waals surface area contributed by atoms with Gasteiger partial charge in [-0.05, 0) is 30.0 Å². The zero-order valence-corrected chi connectivity index (χ0v) is 13.4. The van der Waals surface area contributed by atoms with Crippen molar-refractivity contribution in [3.8, 4) is 0 Å². The maximum Gasteiger partial charge on any atom is 0.511 e. The number of aliphatic hydroxyl groups is 1. The number of ether oxygens (including phenoxy) is 2. The highest BCUT2D eigenvalue weighted by Gasteiger charge is 2.17. The van der Waals surface area contributed by atoms with E-state index in [9.17, 15) is 9.90 Å². The first-order valence-corrected chi connectivity index (χ1v) is 7.48. The Morgan fingerprint density at radius 3 is 2.74 bits per heavy atom. The smallest absolute Gasteiger partial charge is 0.504 e. The Bertz CT molecular complexity index is 749. The van der Waals surface area contributed by atoms with E-state index in [1.165, 1.54) is 6.20 Å². The quantitative estimate of drug-likeness (QED) is 0.722. The minimum Gasteiger partial charge on any atom is -0.504 e. The van der Waals surface area contributed by atoms with Crippen molar-refractivity contribution < 1.29 is 24.5 Å². The van der Waals surface area contributed by atoms with Gasteiger partial charge in [-0.25, -0.2) is 4.79 Å². The second-order valence-corrected chi connectivity index (χ2v) is 5.66. The van der Waals surface area contributed by atoms with Crippen molar-refractivity contribution in [3.05, 3.63) is 40.1 Å². The fourth-order valence-electron chi connectivity index (χ4n) is 2.24. The van der Waals surface area contributed by atoms with Crippen LogP contribution in [-0.4, -0.2) is 23.0 Å². The molecule has 124 valence electrons. The summed E-state index contributed by atoms with van der Waals surface area (Å²) in [5.74, 6) is 0.105. The number of nitrogens with one attached hydrogen (secondary N) is 1. The van der Waals surface area contributed by atoms with Gasteiger partial charge in [0.1, 0.15) is 0 Å². The summed E-state index contributed by atoms with van der Waals surface area (Å²) in [6.45, 7) is 6.77. The van der Waals surface area contributed by atoms with Gasteiger partial charge in [0.05, 0.1) is 18.6 Å². The summed E-state index contributed by atoms with van der Waals surface area (Å²) in [6.07, 6.45) is 2.30. The van der Waals surface area contributed by atoms with Gasteiger partial charge in [-0.2, -0.15) is 0 Å². The van der Waals surface area contributed by atoms with Crippen molar-refractivity contribution in [2.75, 3.05) is 11.9 Å². The molecule has 2 rings (SSSR count). The van der Waals surface area contributed by atoms with Crippen LogP contribution >= 0.6 is 0 Å². The number of anilines is 1. The lowest BCUT2D eigenvalue weighted by Gasteiger charge is -2.15. The maximum atomic E-state index is 10.6. The Hall–Kier alpha value is -2.63. The zero-order valence-electron chi connectivity index (χ0n) is 13.4. The minimum absolute atomic E-state index is 0.125. The molecule has 0 atom stereocenters. The lowest BCUT2D eigenvalue weighted by Crippen LogP contribution is -2.25. The molecule has 6 nitrogen and oxygen atoms in total. The van der Waals surface area contributed by atoms with E-state index in [4.69, 9.17) is 9.84 Å². The minimum atomic E-state index is -1.48. The van der Waals surface area contributed by atoms with E-state index in [1.54, 1.807) is 12.3 Å². The number of carboxylic acid groups (broad SMARTS) is 1. The molecule has 0 aliphatic carbocycles. The number of hydrogen-bond donors (Lipinski definition) is 3. The molecule has 0 fully saturated rings. The first-order chi connectivity index (χ1) is 10.9. The average Bonchev–Trinajstić information content (AvgIpc) is 2.49. The SMILES string of the molecule is CCc1cc2c(cc1=COCC(C)C)NC=C(OC(=O)O)C=2O. The number of hydrogen-bond acceptors (Lipinski definition) is 5. The van der Waals surface area contributed by atoms with E-state index in [-0.39, 0.29) is 11.5 Å². The van der Waals surface area contributed by atoms with E-state index in [1.807, 2.05) is 13.0 Å². The summed E-state index contributed by atoms with van der Waals surface area (Å²) in [6, 6.07) is 3.67. The van der Waals surface area contributed by atoms with Gasteiger partial charge >= 0.3 is 6.16 Å². The summed E-state index contributed by atoms with van der Waals surface area (Å²) in [5, 5.41) is 23.2. The second kappa shape index (κ2) is 7.09. The van der Waals surface area contributed by atoms with Crippen molar-refractivity contribution >= 4 is 23.9 Å². The highest BCUT2D eigenvalue weighted by atomic mass is 16.7. The fourth-order valence-corrected chi connectivity index (χ4v) is 2.24. The Morgan fingerprint density at radius 1 is 1.39 bits per heavy atom. The molecule has 1 aliphatic rings. The number of benzene rings is 1. The first-order valence-electron chi connectivity index (χ1n) is 7.48. The first kappa shape index (κ1) is 16.7. The molecular weight excluding hydrogens is 298 g/mol. The van der Waals surface area contributed by atoms with Crippen LogP contribution in [0.25, 0.3) is 12.0 Å². The number of fused-ring (bicyclic) bond motifs is 1. The lowest BCUT2D eigenvalue weighted by molar-refractivity contribution is 0.119. The maximum absolute atomic E-state index is 10.6. The van der Waals surface area contributed by atoms with Gasteiger partial charge in [0.15, 0.2) is 11.5 Å². The molecule has 0 radical (unpaired) electrons. The summed E-state index contributed by atoms with van der Waals surface area (Å²) in [4.78, 5) is 10.6. The van der Waals surface area contributed by atoms with Gasteiger partial charge in [-0.15, -0.1) is 0 Å².